The van der Waals surface area contributed by atoms with Gasteiger partial charge in [0.2, 0.25) is 5.91 Å². The number of amides is 1. The van der Waals surface area contributed by atoms with Crippen LogP contribution in [-0.2, 0) is 4.79 Å². The van der Waals surface area contributed by atoms with E-state index >= 15 is 0 Å². The summed E-state index contributed by atoms with van der Waals surface area (Å²) >= 11 is 0. The maximum Gasteiger partial charge on any atom is 0.573 e. The van der Waals surface area contributed by atoms with E-state index in [1.54, 1.807) is 0 Å². The fraction of sp³-hybridized carbons (Fsp3) is 0.417. The number of benzene rings is 1. The normalized spacial score (nSPS) is 19.6. The summed E-state index contributed by atoms with van der Waals surface area (Å²) in [6, 6.07) is 2.90. The average molecular weight is 292 g/mol. The lowest BCUT2D eigenvalue weighted by molar-refractivity contribution is -0.275. The van der Waals surface area contributed by atoms with E-state index in [0.29, 0.717) is 13.1 Å². The molecule has 0 aliphatic carbocycles. The number of alkyl halides is 3. The first-order valence-electron chi connectivity index (χ1n) is 5.86. The quantitative estimate of drug-likeness (QED) is 0.867. The van der Waals surface area contributed by atoms with Gasteiger partial charge in [0.15, 0.2) is 11.6 Å². The summed E-state index contributed by atoms with van der Waals surface area (Å²) in [6.45, 7) is 0.647. The van der Waals surface area contributed by atoms with Gasteiger partial charge in [-0.2, -0.15) is 0 Å². The second-order valence-corrected chi connectivity index (χ2v) is 4.47. The second kappa shape index (κ2) is 5.28. The molecule has 1 unspecified atom stereocenters. The Kier molecular flexibility index (Phi) is 3.85. The van der Waals surface area contributed by atoms with Crippen LogP contribution in [0.15, 0.2) is 18.2 Å². The summed E-state index contributed by atoms with van der Waals surface area (Å²) in [7, 11) is 0. The van der Waals surface area contributed by atoms with Crippen molar-refractivity contribution < 1.29 is 27.1 Å². The Morgan fingerprint density at radius 3 is 2.60 bits per heavy atom. The Bertz CT molecular complexity index is 519. The molecule has 2 rings (SSSR count). The summed E-state index contributed by atoms with van der Waals surface area (Å²) in [5, 5.41) is 0. The summed E-state index contributed by atoms with van der Waals surface area (Å²) in [5.74, 6) is -2.37. The minimum atomic E-state index is -4.96. The Labute approximate surface area is 112 Å². The average Bonchev–Trinajstić information content (AvgIpc) is 2.72. The van der Waals surface area contributed by atoms with E-state index in [1.165, 1.54) is 11.0 Å². The molecule has 0 bridgehead atoms. The van der Waals surface area contributed by atoms with E-state index in [4.69, 9.17) is 5.73 Å². The molecule has 1 amide bonds. The van der Waals surface area contributed by atoms with Crippen LogP contribution in [-0.4, -0.2) is 25.4 Å². The molecule has 0 spiro atoms. The van der Waals surface area contributed by atoms with Crippen molar-refractivity contribution in [1.29, 1.82) is 0 Å². The van der Waals surface area contributed by atoms with Gasteiger partial charge in [-0.25, -0.2) is 4.39 Å². The van der Waals surface area contributed by atoms with Gasteiger partial charge >= 0.3 is 6.36 Å². The standard InChI is InChI=1S/C12H12F4N2O2/c13-9-4-8(1-2-10(9)20-12(14,15)16)18-6-7(5-17)3-11(18)19/h1-2,4,7H,3,5-6,17H2. The van der Waals surface area contributed by atoms with Crippen LogP contribution in [0.2, 0.25) is 0 Å². The van der Waals surface area contributed by atoms with E-state index in [9.17, 15) is 22.4 Å². The molecule has 1 aliphatic rings. The molecule has 0 aromatic heterocycles. The molecule has 110 valence electrons. The highest BCUT2D eigenvalue weighted by Gasteiger charge is 2.33. The molecule has 1 fully saturated rings. The van der Waals surface area contributed by atoms with Gasteiger partial charge in [-0.05, 0) is 24.6 Å². The van der Waals surface area contributed by atoms with E-state index in [2.05, 4.69) is 4.74 Å². The van der Waals surface area contributed by atoms with Gasteiger partial charge in [0.25, 0.3) is 0 Å². The Morgan fingerprint density at radius 2 is 2.10 bits per heavy atom. The predicted octanol–water partition coefficient (Wildman–Crippen LogP) is 2.04. The van der Waals surface area contributed by atoms with Crippen LogP contribution in [0.4, 0.5) is 23.2 Å². The van der Waals surface area contributed by atoms with Crippen molar-refractivity contribution in [2.24, 2.45) is 11.7 Å². The third-order valence-corrected chi connectivity index (χ3v) is 2.99. The maximum absolute atomic E-state index is 13.6. The number of carbonyl (C=O) groups excluding carboxylic acids is 1. The molecule has 8 heteroatoms. The van der Waals surface area contributed by atoms with E-state index in [1.807, 2.05) is 0 Å². The summed E-state index contributed by atoms with van der Waals surface area (Å²) in [5.41, 5.74) is 5.65. The number of halogens is 4. The fourth-order valence-electron chi connectivity index (χ4n) is 2.05. The molecule has 1 heterocycles. The van der Waals surface area contributed by atoms with Gasteiger partial charge < -0.3 is 15.4 Å². The zero-order chi connectivity index (χ0) is 14.9. The highest BCUT2D eigenvalue weighted by molar-refractivity contribution is 5.95. The van der Waals surface area contributed by atoms with Crippen LogP contribution in [0, 0.1) is 11.7 Å². The Hall–Kier alpha value is -1.83. The fourth-order valence-corrected chi connectivity index (χ4v) is 2.05. The minimum absolute atomic E-state index is 0.0309. The number of rotatable bonds is 3. The highest BCUT2D eigenvalue weighted by atomic mass is 19.4. The number of hydrogen-bond acceptors (Lipinski definition) is 3. The molecule has 1 atom stereocenters. The second-order valence-electron chi connectivity index (χ2n) is 4.47. The van der Waals surface area contributed by atoms with Crippen LogP contribution < -0.4 is 15.4 Å². The van der Waals surface area contributed by atoms with Crippen LogP contribution in [0.5, 0.6) is 5.75 Å². The lowest BCUT2D eigenvalue weighted by atomic mass is 10.1. The van der Waals surface area contributed by atoms with Crippen molar-refractivity contribution in [3.63, 3.8) is 0 Å². The zero-order valence-corrected chi connectivity index (χ0v) is 10.3. The number of nitrogens with two attached hydrogens (primary N) is 1. The van der Waals surface area contributed by atoms with Gasteiger partial charge in [0.1, 0.15) is 0 Å². The van der Waals surface area contributed by atoms with Crippen LogP contribution >= 0.6 is 0 Å². The number of ether oxygens (including phenoxy) is 1. The van der Waals surface area contributed by atoms with Crippen LogP contribution in [0.1, 0.15) is 6.42 Å². The Balaban J connectivity index is 2.19. The molecule has 1 aromatic rings. The van der Waals surface area contributed by atoms with Gasteiger partial charge in [-0.1, -0.05) is 0 Å². The van der Waals surface area contributed by atoms with Crippen molar-refractivity contribution in [3.05, 3.63) is 24.0 Å². The van der Waals surface area contributed by atoms with E-state index in [0.717, 1.165) is 12.1 Å². The largest absolute Gasteiger partial charge is 0.573 e. The van der Waals surface area contributed by atoms with Gasteiger partial charge in [0, 0.05) is 24.7 Å². The van der Waals surface area contributed by atoms with E-state index in [-0.39, 0.29) is 23.9 Å². The first kappa shape index (κ1) is 14.6. The molecule has 1 saturated heterocycles. The van der Waals surface area contributed by atoms with Gasteiger partial charge in [0.05, 0.1) is 0 Å². The number of nitrogens with zero attached hydrogens (tertiary/aromatic N) is 1. The van der Waals surface area contributed by atoms with Crippen LogP contribution in [0.25, 0.3) is 0 Å². The minimum Gasteiger partial charge on any atom is -0.403 e. The number of anilines is 1. The first-order valence-corrected chi connectivity index (χ1v) is 5.86. The first-order chi connectivity index (χ1) is 9.30. The third-order valence-electron chi connectivity index (χ3n) is 2.99. The monoisotopic (exact) mass is 292 g/mol. The van der Waals surface area contributed by atoms with Crippen LogP contribution in [0.3, 0.4) is 0 Å². The van der Waals surface area contributed by atoms with Crippen molar-refractivity contribution in [2.45, 2.75) is 12.8 Å². The lowest BCUT2D eigenvalue weighted by Crippen LogP contribution is -2.26. The molecule has 20 heavy (non-hydrogen) atoms. The van der Waals surface area contributed by atoms with Crippen molar-refractivity contribution in [2.75, 3.05) is 18.0 Å². The zero-order valence-electron chi connectivity index (χ0n) is 10.3. The highest BCUT2D eigenvalue weighted by Crippen LogP contribution is 2.31. The Morgan fingerprint density at radius 1 is 1.40 bits per heavy atom. The SMILES string of the molecule is NCC1CC(=O)N(c2ccc(OC(F)(F)F)c(F)c2)C1. The molecular weight excluding hydrogens is 280 g/mol. The summed E-state index contributed by atoms with van der Waals surface area (Å²) < 4.78 is 53.1. The van der Waals surface area contributed by atoms with Crippen molar-refractivity contribution >= 4 is 11.6 Å². The number of carbonyl (C=O) groups is 1. The summed E-state index contributed by atoms with van der Waals surface area (Å²) in [4.78, 5) is 13.0. The molecule has 1 aromatic carbocycles. The van der Waals surface area contributed by atoms with Crippen molar-refractivity contribution in [3.8, 4) is 5.75 Å². The van der Waals surface area contributed by atoms with Gasteiger partial charge in [-0.15, -0.1) is 13.2 Å². The molecule has 4 nitrogen and oxygen atoms in total. The predicted molar refractivity (Wildman–Crippen MR) is 62.6 cm³/mol. The molecule has 1 aliphatic heterocycles. The van der Waals surface area contributed by atoms with E-state index < -0.39 is 17.9 Å². The third kappa shape index (κ3) is 3.19. The molecule has 0 saturated carbocycles. The van der Waals surface area contributed by atoms with Gasteiger partial charge in [-0.3, -0.25) is 4.79 Å². The molecule has 2 N–H and O–H groups in total. The van der Waals surface area contributed by atoms with Crippen molar-refractivity contribution in [1.82, 2.24) is 0 Å². The number of hydrogen-bond donors (Lipinski definition) is 1. The maximum atomic E-state index is 13.6. The smallest absolute Gasteiger partial charge is 0.403 e. The molecule has 0 radical (unpaired) electrons. The summed E-state index contributed by atoms with van der Waals surface area (Å²) in [6.07, 6.45) is -4.71. The lowest BCUT2D eigenvalue weighted by Gasteiger charge is -2.18. The molecular formula is C12H12F4N2O2. The topological polar surface area (TPSA) is 55.6 Å².